The van der Waals surface area contributed by atoms with Crippen LogP contribution in [0.3, 0.4) is 0 Å². The molecule has 4 aromatic rings. The maximum atomic E-state index is 12.9. The van der Waals surface area contributed by atoms with Gasteiger partial charge in [0.2, 0.25) is 0 Å². The number of phenolic OH excluding ortho intramolecular Hbond substituents is 3. The van der Waals surface area contributed by atoms with Crippen LogP contribution >= 0.6 is 0 Å². The normalized spacial score (nSPS) is 15.6. The summed E-state index contributed by atoms with van der Waals surface area (Å²) in [5, 5.41) is 29.8. The molecule has 31 heavy (non-hydrogen) atoms. The van der Waals surface area contributed by atoms with Gasteiger partial charge in [-0.05, 0) is 37.3 Å². The first-order valence-electron chi connectivity index (χ1n) is 9.45. The quantitative estimate of drug-likeness (QED) is 0.253. The number of ether oxygens (including phenoxy) is 1. The zero-order valence-corrected chi connectivity index (χ0v) is 16.2. The summed E-state index contributed by atoms with van der Waals surface area (Å²) in [6, 6.07) is 9.90. The van der Waals surface area contributed by atoms with Gasteiger partial charge < -0.3 is 28.9 Å². The van der Waals surface area contributed by atoms with Gasteiger partial charge in [0, 0.05) is 23.3 Å². The lowest BCUT2D eigenvalue weighted by atomic mass is 9.88. The molecule has 5 rings (SSSR count). The van der Waals surface area contributed by atoms with Crippen molar-refractivity contribution in [3.05, 3.63) is 69.8 Å². The van der Waals surface area contributed by atoms with Crippen molar-refractivity contribution in [2.45, 2.75) is 19.3 Å². The monoisotopic (exact) mass is 420 g/mol. The first-order valence-corrected chi connectivity index (χ1v) is 9.45. The molecule has 3 N–H and O–H groups in total. The van der Waals surface area contributed by atoms with Crippen molar-refractivity contribution in [1.82, 2.24) is 0 Å². The van der Waals surface area contributed by atoms with Crippen LogP contribution in [0.1, 0.15) is 29.4 Å². The predicted octanol–water partition coefficient (Wildman–Crippen LogP) is 3.92. The van der Waals surface area contributed by atoms with Crippen molar-refractivity contribution >= 4 is 16.9 Å². The molecule has 0 aliphatic carbocycles. The van der Waals surface area contributed by atoms with E-state index in [2.05, 4.69) is 0 Å². The molecule has 0 spiro atoms. The number of hydrogen-bond acceptors (Lipinski definition) is 8. The first-order chi connectivity index (χ1) is 14.8. The van der Waals surface area contributed by atoms with Gasteiger partial charge in [-0.2, -0.15) is 0 Å². The van der Waals surface area contributed by atoms with Gasteiger partial charge in [-0.1, -0.05) is 0 Å². The Hall–Kier alpha value is -4.20. The fraction of sp³-hybridized carbons (Fsp3) is 0.130. The van der Waals surface area contributed by atoms with Crippen molar-refractivity contribution in [3.63, 3.8) is 0 Å². The number of fused-ring (bicyclic) bond motifs is 3. The molecule has 1 aliphatic heterocycles. The standard InChI is InChI=1S/C23H16O8/c1-10-2-5-17(29-10)12-7-20(28)30-19-9-16(27)22-15(26)8-18(31-23(22)21(12)19)11-3-4-13(24)14(25)6-11/h2-6,8-9,12,24-25,27H,7H2,1H3/t12-/m1/s1. The molecule has 0 fully saturated rings. The highest BCUT2D eigenvalue weighted by Gasteiger charge is 2.35. The van der Waals surface area contributed by atoms with Crippen molar-refractivity contribution in [2.75, 3.05) is 0 Å². The molecule has 1 atom stereocenters. The third kappa shape index (κ3) is 3.00. The Morgan fingerprint density at radius 2 is 1.71 bits per heavy atom. The Morgan fingerprint density at radius 1 is 0.903 bits per heavy atom. The van der Waals surface area contributed by atoms with Crippen LogP contribution in [0.4, 0.5) is 0 Å². The molecule has 0 radical (unpaired) electrons. The Labute approximate surface area is 174 Å². The van der Waals surface area contributed by atoms with Crippen molar-refractivity contribution in [2.24, 2.45) is 0 Å². The number of rotatable bonds is 2. The van der Waals surface area contributed by atoms with E-state index in [0.717, 1.165) is 0 Å². The second kappa shape index (κ2) is 6.66. The van der Waals surface area contributed by atoms with Crippen molar-refractivity contribution in [1.29, 1.82) is 0 Å². The van der Waals surface area contributed by atoms with Gasteiger partial charge in [0.1, 0.15) is 39.7 Å². The molecule has 2 aromatic heterocycles. The summed E-state index contributed by atoms with van der Waals surface area (Å²) in [6.07, 6.45) is -0.0340. The van der Waals surface area contributed by atoms with Crippen LogP contribution in [0.15, 0.2) is 56.1 Å². The molecule has 1 aliphatic rings. The lowest BCUT2D eigenvalue weighted by molar-refractivity contribution is -0.135. The number of furan rings is 1. The predicted molar refractivity (Wildman–Crippen MR) is 108 cm³/mol. The number of phenols is 3. The Kier molecular flexibility index (Phi) is 4.04. The summed E-state index contributed by atoms with van der Waals surface area (Å²) < 4.78 is 17.1. The summed E-state index contributed by atoms with van der Waals surface area (Å²) in [6.45, 7) is 1.77. The molecule has 0 saturated carbocycles. The minimum absolute atomic E-state index is 0.0340. The van der Waals surface area contributed by atoms with E-state index in [9.17, 15) is 24.9 Å². The Balaban J connectivity index is 1.82. The zero-order valence-electron chi connectivity index (χ0n) is 16.2. The van der Waals surface area contributed by atoms with Gasteiger partial charge >= 0.3 is 5.97 Å². The second-order valence-electron chi connectivity index (χ2n) is 7.37. The minimum atomic E-state index is -0.584. The number of carbonyl (C=O) groups is 1. The summed E-state index contributed by atoms with van der Waals surface area (Å²) in [7, 11) is 0. The number of aromatic hydroxyl groups is 3. The molecular formula is C23H16O8. The van der Waals surface area contributed by atoms with E-state index in [1.807, 2.05) is 0 Å². The summed E-state index contributed by atoms with van der Waals surface area (Å²) in [5.41, 5.74) is 0.278. The van der Waals surface area contributed by atoms with Crippen LogP contribution < -0.4 is 10.2 Å². The maximum absolute atomic E-state index is 12.9. The lowest BCUT2D eigenvalue weighted by Crippen LogP contribution is -2.21. The van der Waals surface area contributed by atoms with Crippen LogP contribution in [0.5, 0.6) is 23.0 Å². The lowest BCUT2D eigenvalue weighted by Gasteiger charge is -2.24. The van der Waals surface area contributed by atoms with Crippen LogP contribution in [0.25, 0.3) is 22.3 Å². The smallest absolute Gasteiger partial charge is 0.312 e. The molecule has 8 heteroatoms. The molecule has 3 heterocycles. The van der Waals surface area contributed by atoms with Crippen LogP contribution in [0, 0.1) is 6.92 Å². The molecule has 2 aromatic carbocycles. The van der Waals surface area contributed by atoms with E-state index in [1.165, 1.54) is 30.3 Å². The van der Waals surface area contributed by atoms with Gasteiger partial charge in [0.15, 0.2) is 16.9 Å². The molecular weight excluding hydrogens is 404 g/mol. The maximum Gasteiger partial charge on any atom is 0.312 e. The number of aryl methyl sites for hydroxylation is 1. The van der Waals surface area contributed by atoms with Crippen LogP contribution in [-0.2, 0) is 4.79 Å². The van der Waals surface area contributed by atoms with E-state index in [-0.39, 0.29) is 46.1 Å². The van der Waals surface area contributed by atoms with E-state index in [1.54, 1.807) is 19.1 Å². The van der Waals surface area contributed by atoms with Crippen molar-refractivity contribution in [3.8, 4) is 34.3 Å². The fourth-order valence-electron chi connectivity index (χ4n) is 3.86. The van der Waals surface area contributed by atoms with Gasteiger partial charge in [0.05, 0.1) is 12.3 Å². The molecule has 0 amide bonds. The van der Waals surface area contributed by atoms with Crippen LogP contribution in [0.2, 0.25) is 0 Å². The minimum Gasteiger partial charge on any atom is -0.507 e. The van der Waals surface area contributed by atoms with Gasteiger partial charge in [-0.3, -0.25) is 9.59 Å². The molecule has 0 bridgehead atoms. The summed E-state index contributed by atoms with van der Waals surface area (Å²) in [5.74, 6) is -0.837. The average Bonchev–Trinajstić information content (AvgIpc) is 3.15. The fourth-order valence-corrected chi connectivity index (χ4v) is 3.86. The largest absolute Gasteiger partial charge is 0.507 e. The summed E-state index contributed by atoms with van der Waals surface area (Å²) in [4.78, 5) is 25.1. The highest BCUT2D eigenvalue weighted by atomic mass is 16.5. The highest BCUT2D eigenvalue weighted by Crippen LogP contribution is 2.46. The molecule has 8 nitrogen and oxygen atoms in total. The molecule has 0 saturated heterocycles. The Bertz CT molecular complexity index is 1430. The first kappa shape index (κ1) is 18.8. The van der Waals surface area contributed by atoms with Crippen LogP contribution in [-0.4, -0.2) is 21.3 Å². The average molecular weight is 420 g/mol. The zero-order chi connectivity index (χ0) is 21.9. The number of benzene rings is 2. The molecule has 156 valence electrons. The van der Waals surface area contributed by atoms with E-state index in [4.69, 9.17) is 13.6 Å². The van der Waals surface area contributed by atoms with Gasteiger partial charge in [0.25, 0.3) is 0 Å². The van der Waals surface area contributed by atoms with E-state index < -0.39 is 17.3 Å². The van der Waals surface area contributed by atoms with Gasteiger partial charge in [-0.15, -0.1) is 0 Å². The third-order valence-electron chi connectivity index (χ3n) is 5.29. The summed E-state index contributed by atoms with van der Waals surface area (Å²) >= 11 is 0. The van der Waals surface area contributed by atoms with E-state index >= 15 is 0 Å². The molecule has 0 unspecified atom stereocenters. The topological polar surface area (TPSA) is 130 Å². The second-order valence-corrected chi connectivity index (χ2v) is 7.37. The third-order valence-corrected chi connectivity index (χ3v) is 5.29. The van der Waals surface area contributed by atoms with Crippen molar-refractivity contribution < 1.29 is 33.7 Å². The highest BCUT2D eigenvalue weighted by molar-refractivity contribution is 5.93. The number of carbonyl (C=O) groups excluding carboxylic acids is 1. The number of hydrogen-bond donors (Lipinski definition) is 3. The van der Waals surface area contributed by atoms with E-state index in [0.29, 0.717) is 22.6 Å². The SMILES string of the molecule is Cc1ccc([C@H]2CC(=O)Oc3cc(O)c4c(=O)cc(-c5ccc(O)c(O)c5)oc4c32)o1. The number of esters is 1. The van der Waals surface area contributed by atoms with Gasteiger partial charge in [-0.25, -0.2) is 0 Å². The Morgan fingerprint density at radius 3 is 2.42 bits per heavy atom.